The van der Waals surface area contributed by atoms with Gasteiger partial charge in [-0.3, -0.25) is 0 Å². The number of carbonyl (C=O) groups is 1. The number of rotatable bonds is 3. The summed E-state index contributed by atoms with van der Waals surface area (Å²) in [5.41, 5.74) is 4.12. The molecule has 0 aromatic heterocycles. The third kappa shape index (κ3) is 3.38. The van der Waals surface area contributed by atoms with Crippen molar-refractivity contribution in [3.05, 3.63) is 59.2 Å². The van der Waals surface area contributed by atoms with E-state index in [1.165, 1.54) is 5.56 Å². The molecule has 2 N–H and O–H groups in total. The van der Waals surface area contributed by atoms with Gasteiger partial charge in [-0.25, -0.2) is 4.79 Å². The summed E-state index contributed by atoms with van der Waals surface area (Å²) in [4.78, 5) is 11.1. The predicted molar refractivity (Wildman–Crippen MR) is 78.4 cm³/mol. The van der Waals surface area contributed by atoms with Crippen LogP contribution in [0.3, 0.4) is 0 Å². The summed E-state index contributed by atoms with van der Waals surface area (Å²) in [6.45, 7) is 4.05. The molecule has 3 radical (unpaired) electrons. The fourth-order valence-corrected chi connectivity index (χ4v) is 1.81. The third-order valence-corrected chi connectivity index (χ3v) is 3.03. The van der Waals surface area contributed by atoms with Crippen LogP contribution in [-0.2, 0) is 0 Å². The zero-order chi connectivity index (χ0) is 13.1. The Morgan fingerprint density at radius 1 is 1.00 bits per heavy atom. The number of carboxylic acid groups (broad SMARTS) is 1. The van der Waals surface area contributed by atoms with Crippen molar-refractivity contribution in [3.8, 4) is 0 Å². The SMILES string of the molecule is Cc1cccc(Nc2ccccc2C(=O)O)c1C.[Al]. The lowest BCUT2D eigenvalue weighted by molar-refractivity contribution is 0.0698. The van der Waals surface area contributed by atoms with Gasteiger partial charge in [0.25, 0.3) is 0 Å². The van der Waals surface area contributed by atoms with Crippen molar-refractivity contribution >= 4 is 34.7 Å². The molecule has 2 rings (SSSR count). The van der Waals surface area contributed by atoms with Crippen molar-refractivity contribution in [3.63, 3.8) is 0 Å². The van der Waals surface area contributed by atoms with Crippen molar-refractivity contribution in [2.24, 2.45) is 0 Å². The van der Waals surface area contributed by atoms with Crippen LogP contribution in [0.2, 0.25) is 0 Å². The van der Waals surface area contributed by atoms with E-state index in [4.69, 9.17) is 5.11 Å². The Labute approximate surface area is 123 Å². The lowest BCUT2D eigenvalue weighted by Crippen LogP contribution is -2.03. The third-order valence-electron chi connectivity index (χ3n) is 3.03. The number of para-hydroxylation sites is 1. The van der Waals surface area contributed by atoms with E-state index in [2.05, 4.69) is 5.32 Å². The normalized spacial score (nSPS) is 9.58. The first kappa shape index (κ1) is 15.3. The van der Waals surface area contributed by atoms with Crippen LogP contribution in [0.15, 0.2) is 42.5 Å². The van der Waals surface area contributed by atoms with Crippen LogP contribution in [0.25, 0.3) is 0 Å². The van der Waals surface area contributed by atoms with Crippen molar-refractivity contribution < 1.29 is 9.90 Å². The zero-order valence-corrected chi connectivity index (χ0v) is 12.1. The molecule has 0 amide bonds. The molecule has 0 heterocycles. The first-order valence-corrected chi connectivity index (χ1v) is 5.75. The molecule has 0 spiro atoms. The summed E-state index contributed by atoms with van der Waals surface area (Å²) in [6.07, 6.45) is 0. The Kier molecular flexibility index (Phi) is 5.17. The fraction of sp³-hybridized carbons (Fsp3) is 0.133. The molecule has 0 aliphatic heterocycles. The molecular weight excluding hydrogens is 253 g/mol. The zero-order valence-electron chi connectivity index (χ0n) is 11.0. The summed E-state index contributed by atoms with van der Waals surface area (Å²) < 4.78 is 0. The van der Waals surface area contributed by atoms with Crippen molar-refractivity contribution in [1.29, 1.82) is 0 Å². The lowest BCUT2D eigenvalue weighted by atomic mass is 10.1. The van der Waals surface area contributed by atoms with E-state index < -0.39 is 5.97 Å². The summed E-state index contributed by atoms with van der Waals surface area (Å²) in [6, 6.07) is 12.8. The van der Waals surface area contributed by atoms with Crippen LogP contribution >= 0.6 is 0 Å². The summed E-state index contributed by atoms with van der Waals surface area (Å²) in [5.74, 6) is -0.927. The molecule has 0 unspecified atom stereocenters. The second kappa shape index (κ2) is 6.42. The van der Waals surface area contributed by atoms with Crippen LogP contribution in [0, 0.1) is 13.8 Å². The van der Waals surface area contributed by atoms with Crippen LogP contribution in [-0.4, -0.2) is 28.4 Å². The van der Waals surface area contributed by atoms with Crippen molar-refractivity contribution in [2.75, 3.05) is 5.32 Å². The maximum absolute atomic E-state index is 11.1. The van der Waals surface area contributed by atoms with Crippen LogP contribution in [0.1, 0.15) is 21.5 Å². The Morgan fingerprint density at radius 3 is 2.32 bits per heavy atom. The first-order chi connectivity index (χ1) is 8.59. The van der Waals surface area contributed by atoms with E-state index in [9.17, 15) is 4.79 Å². The van der Waals surface area contributed by atoms with Gasteiger partial charge in [0.05, 0.1) is 11.3 Å². The molecule has 95 valence electrons. The number of benzene rings is 2. The van der Waals surface area contributed by atoms with E-state index >= 15 is 0 Å². The molecule has 0 fully saturated rings. The molecule has 0 saturated heterocycles. The molecule has 0 atom stereocenters. The number of nitrogens with one attached hydrogen (secondary N) is 1. The Balaban J connectivity index is 0.00000180. The average Bonchev–Trinajstić information content (AvgIpc) is 2.35. The average molecular weight is 268 g/mol. The molecule has 3 nitrogen and oxygen atoms in total. The van der Waals surface area contributed by atoms with Crippen molar-refractivity contribution in [1.82, 2.24) is 0 Å². The highest BCUT2D eigenvalue weighted by atomic mass is 27.0. The van der Waals surface area contributed by atoms with Gasteiger partial charge >= 0.3 is 5.97 Å². The monoisotopic (exact) mass is 268 g/mol. The van der Waals surface area contributed by atoms with Gasteiger partial charge in [-0.15, -0.1) is 0 Å². The molecule has 0 aliphatic carbocycles. The minimum Gasteiger partial charge on any atom is -0.478 e. The van der Waals surface area contributed by atoms with Gasteiger partial charge < -0.3 is 10.4 Å². The molecule has 2 aromatic rings. The highest BCUT2D eigenvalue weighted by Crippen LogP contribution is 2.25. The van der Waals surface area contributed by atoms with Gasteiger partial charge in [0.15, 0.2) is 0 Å². The first-order valence-electron chi connectivity index (χ1n) is 5.75. The maximum atomic E-state index is 11.1. The van der Waals surface area contributed by atoms with Gasteiger partial charge in [-0.1, -0.05) is 24.3 Å². The van der Waals surface area contributed by atoms with Gasteiger partial charge in [-0.05, 0) is 43.2 Å². The van der Waals surface area contributed by atoms with Gasteiger partial charge in [0.1, 0.15) is 0 Å². The predicted octanol–water partition coefficient (Wildman–Crippen LogP) is 3.36. The smallest absolute Gasteiger partial charge is 0.337 e. The molecule has 0 bridgehead atoms. The minimum absolute atomic E-state index is 0. The number of hydrogen-bond acceptors (Lipinski definition) is 2. The molecule has 2 aromatic carbocycles. The Bertz CT molecular complexity index is 596. The number of carboxylic acids is 1. The summed E-state index contributed by atoms with van der Waals surface area (Å²) in [5, 5.41) is 12.3. The quantitative estimate of drug-likeness (QED) is 0.839. The molecule has 0 aliphatic rings. The fourth-order valence-electron chi connectivity index (χ4n) is 1.81. The van der Waals surface area contributed by atoms with Crippen LogP contribution in [0.4, 0.5) is 11.4 Å². The lowest BCUT2D eigenvalue weighted by Gasteiger charge is -2.13. The van der Waals surface area contributed by atoms with Gasteiger partial charge in [0.2, 0.25) is 0 Å². The van der Waals surface area contributed by atoms with E-state index in [-0.39, 0.29) is 22.9 Å². The Hall–Kier alpha value is -1.76. The standard InChI is InChI=1S/C15H15NO2.Al/c1-10-6-5-9-13(11(10)2)16-14-8-4-3-7-12(14)15(17)18;/h3-9,16H,1-2H3,(H,17,18);. The summed E-state index contributed by atoms with van der Waals surface area (Å²) >= 11 is 0. The number of hydrogen-bond donors (Lipinski definition) is 2. The molecule has 19 heavy (non-hydrogen) atoms. The largest absolute Gasteiger partial charge is 0.478 e. The maximum Gasteiger partial charge on any atom is 0.337 e. The Morgan fingerprint density at radius 2 is 1.63 bits per heavy atom. The molecular formula is C15H15AlNO2. The summed E-state index contributed by atoms with van der Waals surface area (Å²) in [7, 11) is 0. The molecule has 0 saturated carbocycles. The van der Waals surface area contributed by atoms with Gasteiger partial charge in [-0.2, -0.15) is 0 Å². The minimum atomic E-state index is -0.927. The number of anilines is 2. The number of aryl methyl sites for hydroxylation is 1. The van der Waals surface area contributed by atoms with Gasteiger partial charge in [0, 0.05) is 23.0 Å². The highest BCUT2D eigenvalue weighted by molar-refractivity contribution is 5.95. The topological polar surface area (TPSA) is 49.3 Å². The van der Waals surface area contributed by atoms with E-state index in [1.54, 1.807) is 18.2 Å². The van der Waals surface area contributed by atoms with E-state index in [0.29, 0.717) is 5.69 Å². The van der Waals surface area contributed by atoms with E-state index in [0.717, 1.165) is 11.3 Å². The number of aromatic carboxylic acids is 1. The van der Waals surface area contributed by atoms with Crippen LogP contribution in [0.5, 0.6) is 0 Å². The van der Waals surface area contributed by atoms with Crippen molar-refractivity contribution in [2.45, 2.75) is 13.8 Å². The van der Waals surface area contributed by atoms with Crippen LogP contribution < -0.4 is 5.32 Å². The second-order valence-electron chi connectivity index (χ2n) is 4.22. The molecule has 4 heteroatoms. The second-order valence-corrected chi connectivity index (χ2v) is 4.22. The van der Waals surface area contributed by atoms with E-state index in [1.807, 2.05) is 38.1 Å². The highest BCUT2D eigenvalue weighted by Gasteiger charge is 2.10.